The minimum Gasteiger partial charge on any atom is -0.382 e. The molecule has 1 aromatic carbocycles. The van der Waals surface area contributed by atoms with Crippen molar-refractivity contribution in [2.75, 3.05) is 17.6 Å². The first-order valence-corrected chi connectivity index (χ1v) is 8.21. The average Bonchev–Trinajstić information content (AvgIpc) is 3.10. The average molecular weight is 406 g/mol. The van der Waals surface area contributed by atoms with E-state index in [0.717, 1.165) is 6.07 Å². The Balaban J connectivity index is 1.86. The van der Waals surface area contributed by atoms with Crippen molar-refractivity contribution in [2.45, 2.75) is 6.04 Å². The van der Waals surface area contributed by atoms with Gasteiger partial charge in [-0.25, -0.2) is 14.4 Å². The van der Waals surface area contributed by atoms with E-state index >= 15 is 0 Å². The number of benzene rings is 1. The number of carbonyl (C=O) groups excluding carboxylic acids is 1. The summed E-state index contributed by atoms with van der Waals surface area (Å²) >= 11 is 5.78. The Morgan fingerprint density at radius 1 is 1.39 bits per heavy atom. The fraction of sp³-hybridized carbons (Fsp3) is 0.125. The number of aromatic nitrogens is 4. The van der Waals surface area contributed by atoms with E-state index in [9.17, 15) is 19.3 Å². The first kappa shape index (κ1) is 19.2. The molecular weight excluding hydrogens is 393 g/mol. The monoisotopic (exact) mass is 405 g/mol. The third kappa shape index (κ3) is 4.20. The zero-order chi connectivity index (χ0) is 20.3. The molecule has 1 unspecified atom stereocenters. The molecule has 0 spiro atoms. The van der Waals surface area contributed by atoms with Crippen molar-refractivity contribution in [1.82, 2.24) is 19.7 Å². The third-order valence-electron chi connectivity index (χ3n) is 3.77. The second-order valence-corrected chi connectivity index (χ2v) is 6.07. The van der Waals surface area contributed by atoms with E-state index in [0.29, 0.717) is 5.56 Å². The van der Waals surface area contributed by atoms with Gasteiger partial charge in [-0.15, -0.1) is 0 Å². The molecule has 3 N–H and O–H groups in total. The Hall–Kier alpha value is -3.60. The van der Waals surface area contributed by atoms with Crippen LogP contribution in [-0.4, -0.2) is 37.1 Å². The number of nitro groups is 1. The molecule has 1 atom stereocenters. The number of carbonyl (C=O) groups is 1. The molecule has 0 saturated heterocycles. The highest BCUT2D eigenvalue weighted by Gasteiger charge is 2.23. The van der Waals surface area contributed by atoms with E-state index in [1.165, 1.54) is 41.6 Å². The van der Waals surface area contributed by atoms with Crippen molar-refractivity contribution in [3.63, 3.8) is 0 Å². The second kappa shape index (κ2) is 7.96. The lowest BCUT2D eigenvalue weighted by Crippen LogP contribution is -2.21. The van der Waals surface area contributed by atoms with Crippen LogP contribution in [0, 0.1) is 15.9 Å². The predicted octanol–water partition coefficient (Wildman–Crippen LogP) is 2.17. The van der Waals surface area contributed by atoms with Gasteiger partial charge in [0.1, 0.15) is 11.9 Å². The molecule has 144 valence electrons. The normalized spacial score (nSPS) is 11.8. The van der Waals surface area contributed by atoms with Crippen LogP contribution >= 0.6 is 11.6 Å². The highest BCUT2D eigenvalue weighted by molar-refractivity contribution is 6.30. The summed E-state index contributed by atoms with van der Waals surface area (Å²) in [5.74, 6) is -1.29. The van der Waals surface area contributed by atoms with Crippen LogP contribution in [0.25, 0.3) is 0 Å². The summed E-state index contributed by atoms with van der Waals surface area (Å²) in [6, 6.07) is 2.94. The van der Waals surface area contributed by atoms with Gasteiger partial charge in [0.15, 0.2) is 11.5 Å². The number of anilines is 2. The number of nitrogens with two attached hydrogens (primary N) is 1. The largest absolute Gasteiger partial charge is 0.382 e. The number of nitrogens with one attached hydrogen (secondary N) is 1. The summed E-state index contributed by atoms with van der Waals surface area (Å²) in [5.41, 5.74) is 6.20. The van der Waals surface area contributed by atoms with Gasteiger partial charge in [0.2, 0.25) is 6.54 Å². The Morgan fingerprint density at radius 2 is 2.14 bits per heavy atom. The first-order valence-electron chi connectivity index (χ1n) is 7.84. The van der Waals surface area contributed by atoms with Gasteiger partial charge < -0.3 is 11.1 Å². The van der Waals surface area contributed by atoms with Crippen LogP contribution in [-0.2, 0) is 0 Å². The van der Waals surface area contributed by atoms with E-state index in [1.54, 1.807) is 0 Å². The van der Waals surface area contributed by atoms with Crippen LogP contribution in [0.1, 0.15) is 22.1 Å². The SMILES string of the molecule is Nc1nccnc1C(=O)Nc1cnn(C(C[N+](=O)[O-])c2ccc(F)c(Cl)c2)c1. The summed E-state index contributed by atoms with van der Waals surface area (Å²) < 4.78 is 14.7. The fourth-order valence-corrected chi connectivity index (χ4v) is 2.68. The predicted molar refractivity (Wildman–Crippen MR) is 98.0 cm³/mol. The Bertz CT molecular complexity index is 1040. The molecule has 1 amide bonds. The van der Waals surface area contributed by atoms with Crippen LogP contribution < -0.4 is 11.1 Å². The van der Waals surface area contributed by atoms with Crippen molar-refractivity contribution in [2.24, 2.45) is 0 Å². The lowest BCUT2D eigenvalue weighted by molar-refractivity contribution is -0.484. The molecule has 12 heteroatoms. The molecule has 10 nitrogen and oxygen atoms in total. The Morgan fingerprint density at radius 3 is 2.82 bits per heavy atom. The molecule has 0 bridgehead atoms. The quantitative estimate of drug-likeness (QED) is 0.472. The van der Waals surface area contributed by atoms with Crippen LogP contribution in [0.5, 0.6) is 0 Å². The number of nitrogens with zero attached hydrogens (tertiary/aromatic N) is 5. The molecule has 2 heterocycles. The van der Waals surface area contributed by atoms with E-state index in [1.807, 2.05) is 0 Å². The first-order chi connectivity index (χ1) is 13.3. The third-order valence-corrected chi connectivity index (χ3v) is 4.06. The smallest absolute Gasteiger partial charge is 0.278 e. The van der Waals surface area contributed by atoms with Gasteiger partial charge in [-0.1, -0.05) is 17.7 Å². The molecule has 28 heavy (non-hydrogen) atoms. The van der Waals surface area contributed by atoms with Crippen molar-refractivity contribution in [3.8, 4) is 0 Å². The second-order valence-electron chi connectivity index (χ2n) is 5.66. The topological polar surface area (TPSA) is 142 Å². The van der Waals surface area contributed by atoms with Gasteiger partial charge in [0.05, 0.1) is 16.9 Å². The van der Waals surface area contributed by atoms with Crippen molar-refractivity contribution in [3.05, 3.63) is 75.2 Å². The zero-order valence-corrected chi connectivity index (χ0v) is 14.9. The molecule has 2 aromatic heterocycles. The van der Waals surface area contributed by atoms with Gasteiger partial charge in [0, 0.05) is 23.5 Å². The maximum Gasteiger partial charge on any atom is 0.278 e. The van der Waals surface area contributed by atoms with Crippen molar-refractivity contribution >= 4 is 29.0 Å². The zero-order valence-electron chi connectivity index (χ0n) is 14.1. The highest BCUT2D eigenvalue weighted by atomic mass is 35.5. The number of hydrogen-bond donors (Lipinski definition) is 2. The minimum atomic E-state index is -0.861. The fourth-order valence-electron chi connectivity index (χ4n) is 2.49. The van der Waals surface area contributed by atoms with Gasteiger partial charge in [0.25, 0.3) is 5.91 Å². The summed E-state index contributed by atoms with van der Waals surface area (Å²) in [6.07, 6.45) is 5.37. The van der Waals surface area contributed by atoms with Crippen LogP contribution in [0.2, 0.25) is 5.02 Å². The molecule has 0 aliphatic carbocycles. The number of amides is 1. The molecule has 0 aliphatic heterocycles. The lowest BCUT2D eigenvalue weighted by Gasteiger charge is -2.14. The van der Waals surface area contributed by atoms with E-state index < -0.39 is 29.2 Å². The molecule has 3 aromatic rings. The van der Waals surface area contributed by atoms with E-state index in [-0.39, 0.29) is 22.2 Å². The number of nitrogen functional groups attached to an aromatic ring is 1. The van der Waals surface area contributed by atoms with Crippen molar-refractivity contribution in [1.29, 1.82) is 0 Å². The maximum atomic E-state index is 13.4. The standard InChI is InChI=1S/C16H13ClFN7O3/c17-11-5-9(1-2-12(11)18)13(8-25(27)28)24-7-10(6-22-24)23-16(26)14-15(19)21-4-3-20-14/h1-7,13H,8H2,(H2,19,21)(H,23,26). The Kier molecular flexibility index (Phi) is 5.45. The van der Waals surface area contributed by atoms with Gasteiger partial charge in [-0.05, 0) is 17.7 Å². The maximum absolute atomic E-state index is 13.4. The van der Waals surface area contributed by atoms with E-state index in [2.05, 4.69) is 20.4 Å². The Labute approximate surface area is 162 Å². The van der Waals surface area contributed by atoms with Gasteiger partial charge >= 0.3 is 0 Å². The van der Waals surface area contributed by atoms with Crippen LogP contribution in [0.15, 0.2) is 43.0 Å². The summed E-state index contributed by atoms with van der Waals surface area (Å²) in [7, 11) is 0. The lowest BCUT2D eigenvalue weighted by atomic mass is 10.1. The number of halogens is 2. The molecule has 3 rings (SSSR count). The van der Waals surface area contributed by atoms with Crippen molar-refractivity contribution < 1.29 is 14.1 Å². The molecule has 0 aliphatic rings. The van der Waals surface area contributed by atoms with Gasteiger partial charge in [-0.2, -0.15) is 5.10 Å². The number of hydrogen-bond acceptors (Lipinski definition) is 7. The summed E-state index contributed by atoms with van der Waals surface area (Å²) in [5, 5.41) is 17.5. The highest BCUT2D eigenvalue weighted by Crippen LogP contribution is 2.25. The number of rotatable bonds is 6. The molecular formula is C16H13ClFN7O3. The van der Waals surface area contributed by atoms with Gasteiger partial charge in [-0.3, -0.25) is 19.6 Å². The minimum absolute atomic E-state index is 0.0421. The summed E-state index contributed by atoms with van der Waals surface area (Å²) in [6.45, 7) is -0.520. The molecule has 0 saturated carbocycles. The summed E-state index contributed by atoms with van der Waals surface area (Å²) in [4.78, 5) is 30.4. The molecule has 0 radical (unpaired) electrons. The van der Waals surface area contributed by atoms with Crippen LogP contribution in [0.3, 0.4) is 0 Å². The van der Waals surface area contributed by atoms with E-state index in [4.69, 9.17) is 17.3 Å². The molecule has 0 fully saturated rings. The van der Waals surface area contributed by atoms with Crippen LogP contribution in [0.4, 0.5) is 15.9 Å².